The van der Waals surface area contributed by atoms with Gasteiger partial charge in [-0.1, -0.05) is 52.8 Å². The highest BCUT2D eigenvalue weighted by molar-refractivity contribution is 5.85. The SMILES string of the molecule is CC(C)c1ccccc1OCC(=O)NNC(=O)C(C)(C)C. The molecule has 0 spiro atoms. The van der Waals surface area contributed by atoms with Gasteiger partial charge < -0.3 is 4.74 Å². The Morgan fingerprint density at radius 3 is 2.33 bits per heavy atom. The molecule has 0 saturated heterocycles. The maximum absolute atomic E-state index is 11.7. The fourth-order valence-corrected chi connectivity index (χ4v) is 1.58. The maximum atomic E-state index is 11.7. The van der Waals surface area contributed by atoms with Crippen LogP contribution in [0, 0.1) is 5.41 Å². The predicted octanol–water partition coefficient (Wildman–Crippen LogP) is 2.38. The first-order valence-electron chi connectivity index (χ1n) is 7.03. The largest absolute Gasteiger partial charge is 0.483 e. The number of ether oxygens (including phenoxy) is 1. The summed E-state index contributed by atoms with van der Waals surface area (Å²) in [6.07, 6.45) is 0. The molecular weight excluding hydrogens is 268 g/mol. The van der Waals surface area contributed by atoms with Crippen LogP contribution < -0.4 is 15.6 Å². The van der Waals surface area contributed by atoms with Crippen molar-refractivity contribution in [1.29, 1.82) is 0 Å². The van der Waals surface area contributed by atoms with Crippen LogP contribution >= 0.6 is 0 Å². The fraction of sp³-hybridized carbons (Fsp3) is 0.500. The summed E-state index contributed by atoms with van der Waals surface area (Å²) in [5, 5.41) is 0. The van der Waals surface area contributed by atoms with E-state index in [0.29, 0.717) is 11.7 Å². The second kappa shape index (κ2) is 7.11. The van der Waals surface area contributed by atoms with Crippen LogP contribution in [0.1, 0.15) is 46.1 Å². The van der Waals surface area contributed by atoms with E-state index in [2.05, 4.69) is 24.7 Å². The minimum absolute atomic E-state index is 0.145. The van der Waals surface area contributed by atoms with Gasteiger partial charge in [-0.15, -0.1) is 0 Å². The van der Waals surface area contributed by atoms with E-state index in [1.54, 1.807) is 20.8 Å². The molecule has 5 heteroatoms. The highest BCUT2D eigenvalue weighted by Crippen LogP contribution is 2.25. The number of para-hydroxylation sites is 1. The molecule has 0 aromatic heterocycles. The average Bonchev–Trinajstić information content (AvgIpc) is 2.41. The highest BCUT2D eigenvalue weighted by Gasteiger charge is 2.21. The van der Waals surface area contributed by atoms with E-state index in [-0.39, 0.29) is 12.5 Å². The topological polar surface area (TPSA) is 67.4 Å². The van der Waals surface area contributed by atoms with E-state index in [9.17, 15) is 9.59 Å². The Hall–Kier alpha value is -2.04. The van der Waals surface area contributed by atoms with Crippen molar-refractivity contribution in [2.24, 2.45) is 5.41 Å². The Morgan fingerprint density at radius 2 is 1.76 bits per heavy atom. The van der Waals surface area contributed by atoms with Gasteiger partial charge in [0.05, 0.1) is 0 Å². The van der Waals surface area contributed by atoms with Gasteiger partial charge in [0.1, 0.15) is 5.75 Å². The van der Waals surface area contributed by atoms with Crippen LogP contribution in [-0.2, 0) is 9.59 Å². The molecule has 0 aliphatic rings. The molecule has 0 radical (unpaired) electrons. The van der Waals surface area contributed by atoms with Crippen molar-refractivity contribution in [2.75, 3.05) is 6.61 Å². The smallest absolute Gasteiger partial charge is 0.276 e. The number of hydrazine groups is 1. The number of nitrogens with one attached hydrogen (secondary N) is 2. The van der Waals surface area contributed by atoms with E-state index in [1.807, 2.05) is 24.3 Å². The Bertz CT molecular complexity index is 504. The number of amides is 2. The first-order valence-corrected chi connectivity index (χ1v) is 7.03. The standard InChI is InChI=1S/C16H24N2O3/c1-11(2)12-8-6-7-9-13(12)21-10-14(19)17-18-15(20)16(3,4)5/h6-9,11H,10H2,1-5H3,(H,17,19)(H,18,20). The van der Waals surface area contributed by atoms with Crippen LogP contribution in [0.3, 0.4) is 0 Å². The minimum Gasteiger partial charge on any atom is -0.483 e. The molecule has 21 heavy (non-hydrogen) atoms. The van der Waals surface area contributed by atoms with Crippen molar-refractivity contribution < 1.29 is 14.3 Å². The maximum Gasteiger partial charge on any atom is 0.276 e. The summed E-state index contributed by atoms with van der Waals surface area (Å²) in [5.41, 5.74) is 5.21. The number of rotatable bonds is 4. The van der Waals surface area contributed by atoms with Gasteiger partial charge in [-0.05, 0) is 17.5 Å². The second-order valence-corrected chi connectivity index (χ2v) is 6.23. The Morgan fingerprint density at radius 1 is 1.14 bits per heavy atom. The van der Waals surface area contributed by atoms with Gasteiger partial charge in [-0.2, -0.15) is 0 Å². The summed E-state index contributed by atoms with van der Waals surface area (Å²) in [7, 11) is 0. The molecule has 0 saturated carbocycles. The van der Waals surface area contributed by atoms with Gasteiger partial charge in [0, 0.05) is 5.41 Å². The molecule has 0 aliphatic heterocycles. The third-order valence-electron chi connectivity index (χ3n) is 2.90. The Labute approximate surface area is 126 Å². The van der Waals surface area contributed by atoms with E-state index in [0.717, 1.165) is 5.56 Å². The number of benzene rings is 1. The van der Waals surface area contributed by atoms with Crippen LogP contribution in [0.5, 0.6) is 5.75 Å². The van der Waals surface area contributed by atoms with Gasteiger partial charge in [-0.25, -0.2) is 0 Å². The number of hydrogen-bond donors (Lipinski definition) is 2. The Kier molecular flexibility index (Phi) is 5.76. The second-order valence-electron chi connectivity index (χ2n) is 6.23. The zero-order valence-corrected chi connectivity index (χ0v) is 13.3. The average molecular weight is 292 g/mol. The van der Waals surface area contributed by atoms with Crippen LogP contribution in [0.4, 0.5) is 0 Å². The zero-order chi connectivity index (χ0) is 16.0. The van der Waals surface area contributed by atoms with Gasteiger partial charge in [0.25, 0.3) is 5.91 Å². The highest BCUT2D eigenvalue weighted by atomic mass is 16.5. The normalized spacial score (nSPS) is 11.1. The van der Waals surface area contributed by atoms with Crippen LogP contribution in [0.25, 0.3) is 0 Å². The molecule has 2 N–H and O–H groups in total. The lowest BCUT2D eigenvalue weighted by Crippen LogP contribution is -2.48. The number of carbonyl (C=O) groups excluding carboxylic acids is 2. The lowest BCUT2D eigenvalue weighted by atomic mass is 9.96. The molecular formula is C16H24N2O3. The lowest BCUT2D eigenvalue weighted by molar-refractivity contribution is -0.134. The summed E-state index contributed by atoms with van der Waals surface area (Å²) in [5.74, 6) is 0.347. The van der Waals surface area contributed by atoms with Crippen molar-refractivity contribution >= 4 is 11.8 Å². The third-order valence-corrected chi connectivity index (χ3v) is 2.90. The molecule has 0 atom stereocenters. The predicted molar refractivity (Wildman–Crippen MR) is 81.8 cm³/mol. The van der Waals surface area contributed by atoms with Crippen molar-refractivity contribution in [2.45, 2.75) is 40.5 Å². The Balaban J connectivity index is 2.49. The molecule has 0 bridgehead atoms. The first-order chi connectivity index (χ1) is 9.71. The van der Waals surface area contributed by atoms with Gasteiger partial charge in [-0.3, -0.25) is 20.4 Å². The zero-order valence-electron chi connectivity index (χ0n) is 13.3. The van der Waals surface area contributed by atoms with Crippen LogP contribution in [-0.4, -0.2) is 18.4 Å². The number of carbonyl (C=O) groups is 2. The summed E-state index contributed by atoms with van der Waals surface area (Å²) in [4.78, 5) is 23.3. The summed E-state index contributed by atoms with van der Waals surface area (Å²) >= 11 is 0. The molecule has 1 aromatic rings. The minimum atomic E-state index is -0.557. The molecule has 1 rings (SSSR count). The molecule has 5 nitrogen and oxygen atoms in total. The lowest BCUT2D eigenvalue weighted by Gasteiger charge is -2.18. The van der Waals surface area contributed by atoms with Crippen molar-refractivity contribution in [3.8, 4) is 5.75 Å². The van der Waals surface area contributed by atoms with Crippen LogP contribution in [0.15, 0.2) is 24.3 Å². The van der Waals surface area contributed by atoms with Gasteiger partial charge >= 0.3 is 0 Å². The van der Waals surface area contributed by atoms with Crippen LogP contribution in [0.2, 0.25) is 0 Å². The molecule has 2 amide bonds. The van der Waals surface area contributed by atoms with Gasteiger partial charge in [0.2, 0.25) is 5.91 Å². The summed E-state index contributed by atoms with van der Waals surface area (Å²) in [6, 6.07) is 7.60. The molecule has 0 heterocycles. The first kappa shape index (κ1) is 17.0. The molecule has 116 valence electrons. The molecule has 1 aromatic carbocycles. The molecule has 0 unspecified atom stereocenters. The quantitative estimate of drug-likeness (QED) is 0.837. The van der Waals surface area contributed by atoms with E-state index in [1.165, 1.54) is 0 Å². The van der Waals surface area contributed by atoms with E-state index in [4.69, 9.17) is 4.74 Å². The van der Waals surface area contributed by atoms with Crippen molar-refractivity contribution in [3.63, 3.8) is 0 Å². The monoisotopic (exact) mass is 292 g/mol. The molecule has 0 aliphatic carbocycles. The van der Waals surface area contributed by atoms with Crippen molar-refractivity contribution in [3.05, 3.63) is 29.8 Å². The van der Waals surface area contributed by atoms with Crippen molar-refractivity contribution in [1.82, 2.24) is 10.9 Å². The summed E-state index contributed by atoms with van der Waals surface area (Å²) < 4.78 is 5.51. The van der Waals surface area contributed by atoms with Gasteiger partial charge in [0.15, 0.2) is 6.61 Å². The number of hydrogen-bond acceptors (Lipinski definition) is 3. The fourth-order valence-electron chi connectivity index (χ4n) is 1.58. The summed E-state index contributed by atoms with van der Waals surface area (Å²) in [6.45, 7) is 9.28. The van der Waals surface area contributed by atoms with E-state index < -0.39 is 11.3 Å². The molecule has 0 fully saturated rings. The van der Waals surface area contributed by atoms with E-state index >= 15 is 0 Å². The third kappa shape index (κ3) is 5.45.